The summed E-state index contributed by atoms with van der Waals surface area (Å²) in [7, 11) is 0. The largest absolute Gasteiger partial charge is 0.316 e. The summed E-state index contributed by atoms with van der Waals surface area (Å²) >= 11 is 5.97. The summed E-state index contributed by atoms with van der Waals surface area (Å²) in [5.41, 5.74) is 3.77. The summed E-state index contributed by atoms with van der Waals surface area (Å²) in [6.07, 6.45) is 0. The normalized spacial score (nSPS) is 13.4. The molecule has 1 aliphatic rings. The number of aromatic nitrogens is 1. The second kappa shape index (κ2) is 5.90. The molecule has 0 bridgehead atoms. The summed E-state index contributed by atoms with van der Waals surface area (Å²) < 4.78 is 2.03. The van der Waals surface area contributed by atoms with E-state index in [1.54, 1.807) is 24.3 Å². The lowest BCUT2D eigenvalue weighted by molar-refractivity contribution is 0.0639. The van der Waals surface area contributed by atoms with Crippen molar-refractivity contribution in [1.82, 2.24) is 9.47 Å². The van der Waals surface area contributed by atoms with Gasteiger partial charge in [0.1, 0.15) is 0 Å². The highest BCUT2D eigenvalue weighted by Gasteiger charge is 2.35. The van der Waals surface area contributed by atoms with Crippen molar-refractivity contribution in [2.24, 2.45) is 0 Å². The highest BCUT2D eigenvalue weighted by molar-refractivity contribution is 6.30. The Morgan fingerprint density at radius 1 is 0.840 bits per heavy atom. The molecule has 2 heterocycles. The van der Waals surface area contributed by atoms with E-state index in [2.05, 4.69) is 0 Å². The van der Waals surface area contributed by atoms with Gasteiger partial charge in [0.25, 0.3) is 11.8 Å². The summed E-state index contributed by atoms with van der Waals surface area (Å²) in [5.74, 6) is -0.496. The molecular formula is C20H15ClN2O2. The van der Waals surface area contributed by atoms with Crippen molar-refractivity contribution in [3.05, 3.63) is 88.2 Å². The minimum Gasteiger partial charge on any atom is -0.316 e. The average molecular weight is 351 g/mol. The third-order valence-corrected chi connectivity index (χ3v) is 4.69. The van der Waals surface area contributed by atoms with E-state index >= 15 is 0 Å². The predicted molar refractivity (Wildman–Crippen MR) is 96.2 cm³/mol. The Kier molecular flexibility index (Phi) is 3.70. The van der Waals surface area contributed by atoms with Crippen LogP contribution in [0.25, 0.3) is 5.69 Å². The summed E-state index contributed by atoms with van der Waals surface area (Å²) in [6, 6.07) is 18.3. The quantitative estimate of drug-likeness (QED) is 0.663. The smallest absolute Gasteiger partial charge is 0.261 e. The van der Waals surface area contributed by atoms with Crippen LogP contribution in [-0.4, -0.2) is 21.3 Å². The molecule has 0 saturated heterocycles. The summed E-state index contributed by atoms with van der Waals surface area (Å²) in [6.45, 7) is 2.21. The second-order valence-electron chi connectivity index (χ2n) is 6.02. The molecule has 0 N–H and O–H groups in total. The Bertz CT molecular complexity index is 954. The number of benzene rings is 2. The number of halogens is 1. The van der Waals surface area contributed by atoms with E-state index in [0.29, 0.717) is 16.1 Å². The molecule has 1 aromatic heterocycles. The zero-order valence-electron chi connectivity index (χ0n) is 13.6. The topological polar surface area (TPSA) is 42.3 Å². The van der Waals surface area contributed by atoms with Crippen LogP contribution in [0.4, 0.5) is 0 Å². The van der Waals surface area contributed by atoms with Crippen molar-refractivity contribution >= 4 is 23.4 Å². The van der Waals surface area contributed by atoms with Crippen molar-refractivity contribution < 1.29 is 9.59 Å². The van der Waals surface area contributed by atoms with Crippen LogP contribution < -0.4 is 0 Å². The van der Waals surface area contributed by atoms with Crippen LogP contribution in [0, 0.1) is 6.92 Å². The van der Waals surface area contributed by atoms with E-state index in [-0.39, 0.29) is 18.4 Å². The van der Waals surface area contributed by atoms with Crippen LogP contribution >= 0.6 is 11.6 Å². The number of rotatable bonds is 3. The van der Waals surface area contributed by atoms with Gasteiger partial charge >= 0.3 is 0 Å². The number of fused-ring (bicyclic) bond motifs is 1. The molecule has 0 unspecified atom stereocenters. The van der Waals surface area contributed by atoms with Crippen molar-refractivity contribution in [1.29, 1.82) is 0 Å². The number of hydrogen-bond acceptors (Lipinski definition) is 2. The molecule has 25 heavy (non-hydrogen) atoms. The molecule has 2 amide bonds. The van der Waals surface area contributed by atoms with Gasteiger partial charge < -0.3 is 4.57 Å². The van der Waals surface area contributed by atoms with E-state index in [1.165, 1.54) is 4.90 Å². The van der Waals surface area contributed by atoms with Crippen LogP contribution in [0.1, 0.15) is 32.1 Å². The third-order valence-electron chi connectivity index (χ3n) is 4.44. The highest BCUT2D eigenvalue weighted by Crippen LogP contribution is 2.26. The predicted octanol–water partition coefficient (Wildman–Crippen LogP) is 4.24. The minimum atomic E-state index is -0.248. The van der Waals surface area contributed by atoms with Gasteiger partial charge in [-0.3, -0.25) is 14.5 Å². The van der Waals surface area contributed by atoms with Crippen LogP contribution in [0.5, 0.6) is 0 Å². The van der Waals surface area contributed by atoms with Crippen molar-refractivity contribution in [3.63, 3.8) is 0 Å². The number of hydrogen-bond donors (Lipinski definition) is 0. The van der Waals surface area contributed by atoms with E-state index in [9.17, 15) is 9.59 Å². The molecule has 124 valence electrons. The molecule has 0 fully saturated rings. The van der Waals surface area contributed by atoms with E-state index in [1.807, 2.05) is 47.9 Å². The molecule has 2 aromatic carbocycles. The maximum absolute atomic E-state index is 12.6. The fraction of sp³-hybridized carbons (Fsp3) is 0.100. The summed E-state index contributed by atoms with van der Waals surface area (Å²) in [5, 5.41) is 0.662. The molecule has 0 saturated carbocycles. The molecule has 0 radical (unpaired) electrons. The lowest BCUT2D eigenvalue weighted by atomic mass is 10.1. The first-order valence-corrected chi connectivity index (χ1v) is 8.32. The molecular weight excluding hydrogens is 336 g/mol. The van der Waals surface area contributed by atoms with Crippen molar-refractivity contribution in [2.75, 3.05) is 0 Å². The minimum absolute atomic E-state index is 0.225. The maximum atomic E-state index is 12.6. The van der Waals surface area contributed by atoms with E-state index in [4.69, 9.17) is 11.6 Å². The molecule has 1 aliphatic heterocycles. The number of carbonyl (C=O) groups excluding carboxylic acids is 2. The molecule has 4 rings (SSSR count). The first-order chi connectivity index (χ1) is 12.1. The molecule has 5 heteroatoms. The van der Waals surface area contributed by atoms with E-state index < -0.39 is 0 Å². The zero-order chi connectivity index (χ0) is 17.6. The molecule has 0 spiro atoms. The SMILES string of the molecule is Cc1ccc(CN2C(=O)c3ccccc3C2=O)n1-c1ccc(Cl)cc1. The van der Waals surface area contributed by atoms with Crippen LogP contribution in [0.2, 0.25) is 5.02 Å². The Balaban J connectivity index is 1.70. The van der Waals surface area contributed by atoms with Crippen LogP contribution in [-0.2, 0) is 6.54 Å². The van der Waals surface area contributed by atoms with Gasteiger partial charge in [0.2, 0.25) is 0 Å². The van der Waals surface area contributed by atoms with Crippen molar-refractivity contribution in [2.45, 2.75) is 13.5 Å². The number of amides is 2. The number of imide groups is 1. The van der Waals surface area contributed by atoms with Gasteiger partial charge in [0, 0.05) is 22.1 Å². The zero-order valence-corrected chi connectivity index (χ0v) is 14.3. The number of nitrogens with zero attached hydrogens (tertiary/aromatic N) is 2. The van der Waals surface area contributed by atoms with E-state index in [0.717, 1.165) is 17.1 Å². The standard InChI is InChI=1S/C20H15ClN2O2/c1-13-6-9-16(23(13)15-10-7-14(21)8-11-15)12-22-19(24)17-4-2-3-5-18(17)20(22)25/h2-11H,12H2,1H3. The van der Waals surface area contributed by atoms with Crippen LogP contribution in [0.3, 0.4) is 0 Å². The average Bonchev–Trinajstić information content (AvgIpc) is 3.10. The molecule has 0 atom stereocenters. The van der Waals surface area contributed by atoms with Gasteiger partial charge in [-0.25, -0.2) is 0 Å². The lowest BCUT2D eigenvalue weighted by Crippen LogP contribution is -2.30. The monoisotopic (exact) mass is 350 g/mol. The summed E-state index contributed by atoms with van der Waals surface area (Å²) in [4.78, 5) is 26.5. The fourth-order valence-corrected chi connectivity index (χ4v) is 3.35. The maximum Gasteiger partial charge on any atom is 0.261 e. The molecule has 4 nitrogen and oxygen atoms in total. The first kappa shape index (κ1) is 15.7. The van der Waals surface area contributed by atoms with Crippen LogP contribution in [0.15, 0.2) is 60.7 Å². The molecule has 3 aromatic rings. The van der Waals surface area contributed by atoms with Gasteiger partial charge in [-0.1, -0.05) is 23.7 Å². The second-order valence-corrected chi connectivity index (χ2v) is 6.46. The third kappa shape index (κ3) is 2.55. The lowest BCUT2D eigenvalue weighted by Gasteiger charge is -2.17. The van der Waals surface area contributed by atoms with Gasteiger partial charge in [0.05, 0.1) is 17.7 Å². The Morgan fingerprint density at radius 2 is 1.44 bits per heavy atom. The number of carbonyl (C=O) groups is 2. The van der Waals surface area contributed by atoms with Gasteiger partial charge in [-0.2, -0.15) is 0 Å². The Labute approximate surface area is 150 Å². The van der Waals surface area contributed by atoms with Crippen molar-refractivity contribution in [3.8, 4) is 5.69 Å². The number of aryl methyl sites for hydroxylation is 1. The first-order valence-electron chi connectivity index (χ1n) is 7.94. The Morgan fingerprint density at radius 3 is 2.04 bits per heavy atom. The van der Waals surface area contributed by atoms with Gasteiger partial charge in [-0.05, 0) is 55.5 Å². The highest BCUT2D eigenvalue weighted by atomic mass is 35.5. The molecule has 0 aliphatic carbocycles. The van der Waals surface area contributed by atoms with Gasteiger partial charge in [-0.15, -0.1) is 0 Å². The fourth-order valence-electron chi connectivity index (χ4n) is 3.22. The van der Waals surface area contributed by atoms with Gasteiger partial charge in [0.15, 0.2) is 0 Å². The Hall–Kier alpha value is -2.85.